The Hall–Kier alpha value is -4.15. The number of aromatic nitrogens is 1. The first-order valence-corrected chi connectivity index (χ1v) is 14.1. The van der Waals surface area contributed by atoms with E-state index in [1.165, 1.54) is 11.3 Å². The van der Waals surface area contributed by atoms with Crippen molar-refractivity contribution < 1.29 is 23.7 Å². The van der Waals surface area contributed by atoms with Crippen molar-refractivity contribution in [2.45, 2.75) is 13.0 Å². The Kier molecular flexibility index (Phi) is 7.03. The highest BCUT2D eigenvalue weighted by molar-refractivity contribution is 9.10. The molecular formula is C30H23BrN2O6S. The third-order valence-electron chi connectivity index (χ3n) is 6.56. The SMILES string of the molecule is CCOC(=O)C1=C(c2ccccc2)N=c2s/c(=C\c3ccc(OC)c(Br)c3)c(=O)n2[C@@H]1c1ccc2c(c1)OCO2. The highest BCUT2D eigenvalue weighted by Crippen LogP contribution is 2.40. The largest absolute Gasteiger partial charge is 0.496 e. The van der Waals surface area contributed by atoms with Gasteiger partial charge in [-0.1, -0.05) is 53.8 Å². The van der Waals surface area contributed by atoms with Crippen molar-refractivity contribution in [2.75, 3.05) is 20.5 Å². The van der Waals surface area contributed by atoms with Gasteiger partial charge in [0.05, 0.1) is 40.0 Å². The minimum absolute atomic E-state index is 0.106. The van der Waals surface area contributed by atoms with E-state index in [2.05, 4.69) is 15.9 Å². The summed E-state index contributed by atoms with van der Waals surface area (Å²) >= 11 is 4.77. The van der Waals surface area contributed by atoms with Gasteiger partial charge in [0.2, 0.25) is 6.79 Å². The number of fused-ring (bicyclic) bond motifs is 2. The summed E-state index contributed by atoms with van der Waals surface area (Å²) in [5.74, 6) is 1.30. The molecule has 10 heteroatoms. The number of hydrogen-bond acceptors (Lipinski definition) is 8. The van der Waals surface area contributed by atoms with Crippen LogP contribution >= 0.6 is 27.3 Å². The van der Waals surface area contributed by atoms with Crippen LogP contribution in [0.25, 0.3) is 11.8 Å². The molecule has 0 unspecified atom stereocenters. The summed E-state index contributed by atoms with van der Waals surface area (Å²) in [6.07, 6.45) is 1.81. The number of thiazole rings is 1. The molecule has 40 heavy (non-hydrogen) atoms. The second-order valence-electron chi connectivity index (χ2n) is 8.94. The molecule has 8 nitrogen and oxygen atoms in total. The van der Waals surface area contributed by atoms with Crippen molar-refractivity contribution in [1.29, 1.82) is 0 Å². The van der Waals surface area contributed by atoms with Gasteiger partial charge in [-0.25, -0.2) is 9.79 Å². The first kappa shape index (κ1) is 26.1. The van der Waals surface area contributed by atoms with Crippen LogP contribution in [0.15, 0.2) is 86.6 Å². The van der Waals surface area contributed by atoms with Gasteiger partial charge in [-0.3, -0.25) is 9.36 Å². The summed E-state index contributed by atoms with van der Waals surface area (Å²) in [5, 5.41) is 0. The summed E-state index contributed by atoms with van der Waals surface area (Å²) in [7, 11) is 1.60. The van der Waals surface area contributed by atoms with E-state index in [9.17, 15) is 9.59 Å². The Bertz CT molecular complexity index is 1840. The lowest BCUT2D eigenvalue weighted by atomic mass is 9.93. The predicted molar refractivity (Wildman–Crippen MR) is 154 cm³/mol. The van der Waals surface area contributed by atoms with Gasteiger partial charge in [-0.15, -0.1) is 0 Å². The van der Waals surface area contributed by atoms with Gasteiger partial charge >= 0.3 is 5.97 Å². The smallest absolute Gasteiger partial charge is 0.338 e. The summed E-state index contributed by atoms with van der Waals surface area (Å²) < 4.78 is 24.8. The minimum Gasteiger partial charge on any atom is -0.496 e. The Morgan fingerprint density at radius 1 is 1.12 bits per heavy atom. The van der Waals surface area contributed by atoms with E-state index in [1.54, 1.807) is 36.8 Å². The number of esters is 1. The monoisotopic (exact) mass is 618 g/mol. The lowest BCUT2D eigenvalue weighted by molar-refractivity contribution is -0.138. The van der Waals surface area contributed by atoms with Crippen LogP contribution in [0.1, 0.15) is 29.7 Å². The number of benzene rings is 3. The van der Waals surface area contributed by atoms with Crippen molar-refractivity contribution in [3.05, 3.63) is 113 Å². The molecule has 202 valence electrons. The van der Waals surface area contributed by atoms with E-state index in [-0.39, 0.29) is 24.5 Å². The molecule has 3 aromatic carbocycles. The van der Waals surface area contributed by atoms with E-state index in [0.717, 1.165) is 15.6 Å². The molecular weight excluding hydrogens is 596 g/mol. The highest BCUT2D eigenvalue weighted by Gasteiger charge is 2.36. The maximum absolute atomic E-state index is 14.0. The van der Waals surface area contributed by atoms with E-state index in [1.807, 2.05) is 54.6 Å². The molecule has 4 aromatic rings. The molecule has 6 rings (SSSR count). The molecule has 0 aliphatic carbocycles. The molecule has 0 bridgehead atoms. The van der Waals surface area contributed by atoms with Gasteiger partial charge in [0.25, 0.3) is 5.56 Å². The van der Waals surface area contributed by atoms with Crippen molar-refractivity contribution in [3.63, 3.8) is 0 Å². The summed E-state index contributed by atoms with van der Waals surface area (Å²) in [5.41, 5.74) is 2.70. The van der Waals surface area contributed by atoms with Gasteiger partial charge in [0.15, 0.2) is 16.3 Å². The number of hydrogen-bond donors (Lipinski definition) is 0. The van der Waals surface area contributed by atoms with E-state index >= 15 is 0 Å². The van der Waals surface area contributed by atoms with Crippen LogP contribution in [-0.4, -0.2) is 31.0 Å². The Balaban J connectivity index is 1.62. The van der Waals surface area contributed by atoms with Crippen LogP contribution in [-0.2, 0) is 9.53 Å². The highest BCUT2D eigenvalue weighted by atomic mass is 79.9. The van der Waals surface area contributed by atoms with Crippen molar-refractivity contribution >= 4 is 45.0 Å². The van der Waals surface area contributed by atoms with Gasteiger partial charge in [-0.05, 0) is 64.3 Å². The normalized spacial score (nSPS) is 16.0. The molecule has 0 saturated carbocycles. The first-order chi connectivity index (χ1) is 19.5. The number of carbonyl (C=O) groups is 1. The van der Waals surface area contributed by atoms with Crippen LogP contribution in [0.5, 0.6) is 17.2 Å². The maximum Gasteiger partial charge on any atom is 0.338 e. The van der Waals surface area contributed by atoms with E-state index in [0.29, 0.717) is 37.8 Å². The van der Waals surface area contributed by atoms with Crippen molar-refractivity contribution in [3.8, 4) is 17.2 Å². The fraction of sp³-hybridized carbons (Fsp3) is 0.167. The molecule has 3 heterocycles. The van der Waals surface area contributed by atoms with Crippen LogP contribution in [0.3, 0.4) is 0 Å². The molecule has 0 N–H and O–H groups in total. The Morgan fingerprint density at radius 3 is 2.67 bits per heavy atom. The third-order valence-corrected chi connectivity index (χ3v) is 8.16. The van der Waals surface area contributed by atoms with Gasteiger partial charge in [0.1, 0.15) is 5.75 Å². The topological polar surface area (TPSA) is 88.4 Å². The molecule has 0 fully saturated rings. The molecule has 0 spiro atoms. The zero-order valence-electron chi connectivity index (χ0n) is 21.5. The van der Waals surface area contributed by atoms with Crippen molar-refractivity contribution in [2.24, 2.45) is 4.99 Å². The molecule has 2 aliphatic heterocycles. The molecule has 0 radical (unpaired) electrons. The molecule has 1 atom stereocenters. The lowest BCUT2D eigenvalue weighted by Gasteiger charge is -2.26. The second-order valence-corrected chi connectivity index (χ2v) is 10.8. The molecule has 0 amide bonds. The van der Waals surface area contributed by atoms with Gasteiger partial charge in [-0.2, -0.15) is 0 Å². The van der Waals surface area contributed by atoms with Crippen LogP contribution in [0.2, 0.25) is 0 Å². The average Bonchev–Trinajstić information content (AvgIpc) is 3.56. The molecule has 0 saturated heterocycles. The number of methoxy groups -OCH3 is 1. The standard InChI is InChI=1S/C30H23BrN2O6S/c1-3-37-29(35)25-26(18-7-5-4-6-8-18)32-30-33(27(25)19-10-12-22-23(15-19)39-16-38-22)28(34)24(40-30)14-17-9-11-21(36-2)20(31)13-17/h4-15,27H,3,16H2,1-2H3/b24-14-/t27-/m1/s1. The lowest BCUT2D eigenvalue weighted by Crippen LogP contribution is -2.40. The number of nitrogens with zero attached hydrogens (tertiary/aromatic N) is 2. The first-order valence-electron chi connectivity index (χ1n) is 12.5. The van der Waals surface area contributed by atoms with Crippen molar-refractivity contribution in [1.82, 2.24) is 4.57 Å². The summed E-state index contributed by atoms with van der Waals surface area (Å²) in [6.45, 7) is 2.03. The van der Waals surface area contributed by atoms with Gasteiger partial charge < -0.3 is 18.9 Å². The predicted octanol–water partition coefficient (Wildman–Crippen LogP) is 4.44. The minimum atomic E-state index is -0.801. The van der Waals surface area contributed by atoms with Crippen LogP contribution < -0.4 is 29.1 Å². The zero-order valence-corrected chi connectivity index (χ0v) is 24.0. The quantitative estimate of drug-likeness (QED) is 0.297. The van der Waals surface area contributed by atoms with Crippen LogP contribution in [0.4, 0.5) is 0 Å². The summed E-state index contributed by atoms with van der Waals surface area (Å²) in [4.78, 5) is 33.0. The zero-order chi connectivity index (χ0) is 27.8. The summed E-state index contributed by atoms with van der Waals surface area (Å²) in [6, 6.07) is 19.6. The van der Waals surface area contributed by atoms with Crippen LogP contribution in [0, 0.1) is 0 Å². The average molecular weight is 619 g/mol. The Morgan fingerprint density at radius 2 is 1.93 bits per heavy atom. The number of ether oxygens (including phenoxy) is 4. The maximum atomic E-state index is 14.0. The fourth-order valence-corrected chi connectivity index (χ4v) is 6.32. The van der Waals surface area contributed by atoms with E-state index < -0.39 is 12.0 Å². The van der Waals surface area contributed by atoms with E-state index in [4.69, 9.17) is 23.9 Å². The number of carbonyl (C=O) groups excluding carboxylic acids is 1. The fourth-order valence-electron chi connectivity index (χ4n) is 4.76. The molecule has 1 aromatic heterocycles. The second kappa shape index (κ2) is 10.8. The third kappa shape index (κ3) is 4.63. The van der Waals surface area contributed by atoms with Gasteiger partial charge in [0, 0.05) is 5.56 Å². The molecule has 2 aliphatic rings. The number of halogens is 1. The number of rotatable bonds is 6. The Labute approximate surface area is 241 Å².